The Balaban J connectivity index is 1.72. The fraction of sp³-hybridized carbons (Fsp3) is 0.500. The van der Waals surface area contributed by atoms with Gasteiger partial charge in [0.15, 0.2) is 0 Å². The second kappa shape index (κ2) is 6.50. The van der Waals surface area contributed by atoms with Crippen molar-refractivity contribution in [3.05, 3.63) is 30.1 Å². The van der Waals surface area contributed by atoms with Crippen molar-refractivity contribution in [3.63, 3.8) is 0 Å². The molecule has 0 amide bonds. The Morgan fingerprint density at radius 1 is 1.33 bits per heavy atom. The quantitative estimate of drug-likeness (QED) is 0.753. The first kappa shape index (κ1) is 13.0. The van der Waals surface area contributed by atoms with E-state index in [4.69, 9.17) is 9.47 Å². The van der Waals surface area contributed by atoms with Crippen LogP contribution in [-0.2, 0) is 4.74 Å². The zero-order valence-electron chi connectivity index (χ0n) is 10.3. The first-order chi connectivity index (χ1) is 8.78. The summed E-state index contributed by atoms with van der Waals surface area (Å²) in [6, 6.07) is 6.04. The van der Waals surface area contributed by atoms with Crippen molar-refractivity contribution >= 4 is 6.72 Å². The van der Waals surface area contributed by atoms with E-state index in [9.17, 15) is 4.39 Å². The van der Waals surface area contributed by atoms with E-state index >= 15 is 0 Å². The number of hydrogen-bond donors (Lipinski definition) is 0. The van der Waals surface area contributed by atoms with E-state index in [-0.39, 0.29) is 11.9 Å². The lowest BCUT2D eigenvalue weighted by atomic mass is 9.99. The lowest BCUT2D eigenvalue weighted by Crippen LogP contribution is -2.31. The minimum absolute atomic E-state index is 0.121. The normalized spacial score (nSPS) is 23.6. The third kappa shape index (κ3) is 3.81. The van der Waals surface area contributed by atoms with Gasteiger partial charge in [-0.3, -0.25) is 0 Å². The standard InChI is InChI=1S/C14H18FNO2/c1-16-8-11-2-5-14(17-9-11)10-18-13-6-3-12(15)4-7-13/h3-4,6-7,11,14H,1-2,5,8-10H2/t11-,14?/m1/s1. The molecule has 4 heteroatoms. The molecule has 3 nitrogen and oxygen atoms in total. The molecule has 2 atom stereocenters. The third-order valence-corrected chi connectivity index (χ3v) is 3.10. The summed E-state index contributed by atoms with van der Waals surface area (Å²) in [6.45, 7) is 5.50. The molecule has 1 fully saturated rings. The second-order valence-corrected chi connectivity index (χ2v) is 4.57. The number of halogens is 1. The van der Waals surface area contributed by atoms with E-state index in [2.05, 4.69) is 11.7 Å². The Morgan fingerprint density at radius 3 is 2.72 bits per heavy atom. The Hall–Kier alpha value is -1.42. The van der Waals surface area contributed by atoms with Crippen molar-refractivity contribution in [2.45, 2.75) is 18.9 Å². The number of hydrogen-bond acceptors (Lipinski definition) is 3. The Kier molecular flexibility index (Phi) is 4.70. The maximum Gasteiger partial charge on any atom is 0.123 e. The van der Waals surface area contributed by atoms with Gasteiger partial charge in [0.05, 0.1) is 12.7 Å². The molecule has 18 heavy (non-hydrogen) atoms. The number of benzene rings is 1. The SMILES string of the molecule is C=NC[C@H]1CCC(COc2ccc(F)cc2)OC1. The van der Waals surface area contributed by atoms with Crippen molar-refractivity contribution in [2.75, 3.05) is 19.8 Å². The largest absolute Gasteiger partial charge is 0.491 e. The van der Waals surface area contributed by atoms with Gasteiger partial charge in [-0.2, -0.15) is 0 Å². The van der Waals surface area contributed by atoms with Crippen LogP contribution in [0.25, 0.3) is 0 Å². The summed E-state index contributed by atoms with van der Waals surface area (Å²) in [5.74, 6) is 0.912. The molecule has 98 valence electrons. The summed E-state index contributed by atoms with van der Waals surface area (Å²) in [4.78, 5) is 3.89. The van der Waals surface area contributed by atoms with Crippen molar-refractivity contribution in [2.24, 2.45) is 10.9 Å². The molecule has 0 N–H and O–H groups in total. The highest BCUT2D eigenvalue weighted by molar-refractivity contribution is 5.23. The number of nitrogens with zero attached hydrogens (tertiary/aromatic N) is 1. The molecular formula is C14H18FNO2. The van der Waals surface area contributed by atoms with Crippen LogP contribution in [0.3, 0.4) is 0 Å². The van der Waals surface area contributed by atoms with Gasteiger partial charge in [-0.15, -0.1) is 0 Å². The fourth-order valence-electron chi connectivity index (χ4n) is 2.04. The van der Waals surface area contributed by atoms with Crippen LogP contribution in [0.2, 0.25) is 0 Å². The van der Waals surface area contributed by atoms with Crippen LogP contribution in [0.15, 0.2) is 29.3 Å². The van der Waals surface area contributed by atoms with E-state index in [1.54, 1.807) is 12.1 Å². The van der Waals surface area contributed by atoms with Crippen LogP contribution in [0, 0.1) is 11.7 Å². The molecule has 0 saturated carbocycles. The topological polar surface area (TPSA) is 30.8 Å². The van der Waals surface area contributed by atoms with E-state index in [1.165, 1.54) is 12.1 Å². The number of aliphatic imine (C=N–C) groups is 1. The van der Waals surface area contributed by atoms with E-state index < -0.39 is 0 Å². The van der Waals surface area contributed by atoms with Crippen molar-refractivity contribution < 1.29 is 13.9 Å². The van der Waals surface area contributed by atoms with Crippen molar-refractivity contribution in [1.29, 1.82) is 0 Å². The van der Waals surface area contributed by atoms with Crippen LogP contribution < -0.4 is 4.74 Å². The molecule has 2 rings (SSSR count). The predicted molar refractivity (Wildman–Crippen MR) is 68.8 cm³/mol. The molecule has 0 aliphatic carbocycles. The zero-order valence-corrected chi connectivity index (χ0v) is 10.3. The smallest absolute Gasteiger partial charge is 0.123 e. The van der Waals surface area contributed by atoms with Crippen LogP contribution in [0.1, 0.15) is 12.8 Å². The van der Waals surface area contributed by atoms with E-state index in [1.807, 2.05) is 0 Å². The molecule has 0 bridgehead atoms. The molecular weight excluding hydrogens is 233 g/mol. The van der Waals surface area contributed by atoms with Crippen LogP contribution >= 0.6 is 0 Å². The molecule has 1 aliphatic rings. The highest BCUT2D eigenvalue weighted by Crippen LogP contribution is 2.20. The molecule has 0 aromatic heterocycles. The number of rotatable bonds is 5. The van der Waals surface area contributed by atoms with E-state index in [0.29, 0.717) is 18.3 Å². The first-order valence-electron chi connectivity index (χ1n) is 6.20. The molecule has 1 unspecified atom stereocenters. The molecule has 0 radical (unpaired) electrons. The summed E-state index contributed by atoms with van der Waals surface area (Å²) in [5, 5.41) is 0. The summed E-state index contributed by atoms with van der Waals surface area (Å²) in [5.41, 5.74) is 0. The minimum Gasteiger partial charge on any atom is -0.491 e. The van der Waals surface area contributed by atoms with Gasteiger partial charge in [0.2, 0.25) is 0 Å². The molecule has 1 aliphatic heterocycles. The monoisotopic (exact) mass is 251 g/mol. The molecule has 1 saturated heterocycles. The van der Waals surface area contributed by atoms with Crippen molar-refractivity contribution in [1.82, 2.24) is 0 Å². The van der Waals surface area contributed by atoms with Crippen LogP contribution in [0.5, 0.6) is 5.75 Å². The lowest BCUT2D eigenvalue weighted by molar-refractivity contribution is -0.0351. The third-order valence-electron chi connectivity index (χ3n) is 3.10. The lowest BCUT2D eigenvalue weighted by Gasteiger charge is -2.28. The first-order valence-corrected chi connectivity index (χ1v) is 6.20. The molecule has 1 heterocycles. The summed E-state index contributed by atoms with van der Waals surface area (Å²) >= 11 is 0. The average molecular weight is 251 g/mol. The van der Waals surface area contributed by atoms with Gasteiger partial charge in [0.1, 0.15) is 18.2 Å². The van der Waals surface area contributed by atoms with Gasteiger partial charge < -0.3 is 14.5 Å². The van der Waals surface area contributed by atoms with Gasteiger partial charge in [-0.25, -0.2) is 4.39 Å². The highest BCUT2D eigenvalue weighted by atomic mass is 19.1. The average Bonchev–Trinajstić information content (AvgIpc) is 2.40. The maximum absolute atomic E-state index is 12.7. The highest BCUT2D eigenvalue weighted by Gasteiger charge is 2.21. The van der Waals surface area contributed by atoms with Crippen LogP contribution in [-0.4, -0.2) is 32.6 Å². The Bertz CT molecular complexity index is 372. The van der Waals surface area contributed by atoms with E-state index in [0.717, 1.165) is 26.0 Å². The maximum atomic E-state index is 12.7. The molecule has 1 aromatic carbocycles. The summed E-state index contributed by atoms with van der Waals surface area (Å²) < 4.78 is 24.0. The van der Waals surface area contributed by atoms with Gasteiger partial charge in [-0.1, -0.05) is 0 Å². The zero-order chi connectivity index (χ0) is 12.8. The predicted octanol–water partition coefficient (Wildman–Crippen LogP) is 2.70. The molecule has 0 spiro atoms. The van der Waals surface area contributed by atoms with Gasteiger partial charge in [0, 0.05) is 12.5 Å². The van der Waals surface area contributed by atoms with Crippen LogP contribution in [0.4, 0.5) is 4.39 Å². The molecule has 1 aromatic rings. The summed E-state index contributed by atoms with van der Waals surface area (Å²) in [6.07, 6.45) is 2.19. The Labute approximate surface area is 107 Å². The fourth-order valence-corrected chi connectivity index (χ4v) is 2.04. The van der Waals surface area contributed by atoms with Crippen molar-refractivity contribution in [3.8, 4) is 5.75 Å². The Morgan fingerprint density at radius 2 is 2.11 bits per heavy atom. The van der Waals surface area contributed by atoms with Gasteiger partial charge in [0.25, 0.3) is 0 Å². The van der Waals surface area contributed by atoms with Gasteiger partial charge in [-0.05, 0) is 43.8 Å². The summed E-state index contributed by atoms with van der Waals surface area (Å²) in [7, 11) is 0. The minimum atomic E-state index is -0.254. The second-order valence-electron chi connectivity index (χ2n) is 4.57. The number of ether oxygens (including phenoxy) is 2. The van der Waals surface area contributed by atoms with Gasteiger partial charge >= 0.3 is 0 Å².